The van der Waals surface area contributed by atoms with Crippen molar-refractivity contribution in [2.24, 2.45) is 5.92 Å². The summed E-state index contributed by atoms with van der Waals surface area (Å²) in [5, 5.41) is 3.37. The highest BCUT2D eigenvalue weighted by molar-refractivity contribution is 14.1. The Labute approximate surface area is 122 Å². The molecule has 5 heteroatoms. The number of nitrogens with zero attached hydrogens (tertiary/aromatic N) is 2. The highest BCUT2D eigenvalue weighted by Crippen LogP contribution is 2.42. The van der Waals surface area contributed by atoms with Gasteiger partial charge in [-0.25, -0.2) is 9.97 Å². The molecule has 0 spiro atoms. The van der Waals surface area contributed by atoms with E-state index in [0.29, 0.717) is 5.92 Å². The van der Waals surface area contributed by atoms with Gasteiger partial charge in [-0.05, 0) is 54.7 Å². The summed E-state index contributed by atoms with van der Waals surface area (Å²) in [5.41, 5.74) is 1.03. The Morgan fingerprint density at radius 2 is 2.17 bits per heavy atom. The van der Waals surface area contributed by atoms with Crippen LogP contribution in [0.4, 0.5) is 5.82 Å². The highest BCUT2D eigenvalue weighted by atomic mass is 127. The van der Waals surface area contributed by atoms with Crippen LogP contribution in [0.3, 0.4) is 0 Å². The third-order valence-electron chi connectivity index (χ3n) is 3.14. The number of hydrogen-bond acceptors (Lipinski definition) is 4. The van der Waals surface area contributed by atoms with Gasteiger partial charge in [-0.15, -0.1) is 0 Å². The second kappa shape index (κ2) is 6.14. The summed E-state index contributed by atoms with van der Waals surface area (Å²) in [4.78, 5) is 9.24. The average Bonchev–Trinajstić information content (AvgIpc) is 3.17. The van der Waals surface area contributed by atoms with Gasteiger partial charge in [0.25, 0.3) is 0 Å². The maximum Gasteiger partial charge on any atom is 0.160 e. The largest absolute Gasteiger partial charge is 0.373 e. The van der Waals surface area contributed by atoms with Gasteiger partial charge in [0.05, 0.1) is 9.26 Å². The second-order valence-corrected chi connectivity index (χ2v) is 5.83. The summed E-state index contributed by atoms with van der Waals surface area (Å²) in [6.07, 6.45) is 3.60. The molecule has 0 radical (unpaired) electrons. The number of aryl methyl sites for hydroxylation is 1. The van der Waals surface area contributed by atoms with Gasteiger partial charge in [-0.1, -0.05) is 6.92 Å². The van der Waals surface area contributed by atoms with E-state index in [0.717, 1.165) is 33.9 Å². The van der Waals surface area contributed by atoms with Crippen LogP contribution in [0, 0.1) is 16.4 Å². The van der Waals surface area contributed by atoms with Crippen LogP contribution in [0.1, 0.15) is 43.8 Å². The van der Waals surface area contributed by atoms with Gasteiger partial charge in [0.1, 0.15) is 11.9 Å². The van der Waals surface area contributed by atoms with Crippen molar-refractivity contribution in [3.8, 4) is 0 Å². The summed E-state index contributed by atoms with van der Waals surface area (Å²) < 4.78 is 6.67. The molecule has 0 aromatic carbocycles. The van der Waals surface area contributed by atoms with Crippen molar-refractivity contribution in [2.75, 3.05) is 19.0 Å². The molecule has 1 unspecified atom stereocenters. The fourth-order valence-corrected chi connectivity index (χ4v) is 2.41. The Morgan fingerprint density at radius 3 is 2.72 bits per heavy atom. The van der Waals surface area contributed by atoms with E-state index >= 15 is 0 Å². The van der Waals surface area contributed by atoms with Crippen LogP contribution in [0.5, 0.6) is 0 Å². The molecule has 18 heavy (non-hydrogen) atoms. The molecule has 1 N–H and O–H groups in total. The summed E-state index contributed by atoms with van der Waals surface area (Å²) in [7, 11) is 1.75. The fraction of sp³-hybridized carbons (Fsp3) is 0.692. The van der Waals surface area contributed by atoms with E-state index in [9.17, 15) is 0 Å². The zero-order valence-electron chi connectivity index (χ0n) is 11.2. The Hall–Kier alpha value is -0.430. The zero-order valence-corrected chi connectivity index (χ0v) is 13.3. The molecule has 1 aliphatic carbocycles. The minimum atomic E-state index is 0.0582. The summed E-state index contributed by atoms with van der Waals surface area (Å²) in [6.45, 7) is 5.12. The average molecular weight is 361 g/mol. The van der Waals surface area contributed by atoms with Crippen molar-refractivity contribution in [2.45, 2.75) is 39.2 Å². The summed E-state index contributed by atoms with van der Waals surface area (Å²) in [5.74, 6) is 2.38. The topological polar surface area (TPSA) is 47.0 Å². The van der Waals surface area contributed by atoms with Crippen molar-refractivity contribution in [3.63, 3.8) is 0 Å². The number of hydrogen-bond donors (Lipinski definition) is 1. The monoisotopic (exact) mass is 361 g/mol. The predicted octanol–water partition coefficient (Wildman–Crippen LogP) is 3.31. The van der Waals surface area contributed by atoms with Crippen LogP contribution >= 0.6 is 22.6 Å². The molecule has 100 valence electrons. The molecule has 0 saturated heterocycles. The Bertz CT molecular complexity index is 421. The van der Waals surface area contributed by atoms with Crippen molar-refractivity contribution in [3.05, 3.63) is 15.1 Å². The van der Waals surface area contributed by atoms with Crippen molar-refractivity contribution in [1.82, 2.24) is 9.97 Å². The first-order chi connectivity index (χ1) is 8.67. The van der Waals surface area contributed by atoms with Gasteiger partial charge in [-0.3, -0.25) is 0 Å². The third-order valence-corrected chi connectivity index (χ3v) is 4.43. The maximum absolute atomic E-state index is 5.56. The van der Waals surface area contributed by atoms with Gasteiger partial charge < -0.3 is 10.1 Å². The fourth-order valence-electron chi connectivity index (χ4n) is 1.98. The van der Waals surface area contributed by atoms with Gasteiger partial charge in [-0.2, -0.15) is 0 Å². The Kier molecular flexibility index (Phi) is 4.77. The van der Waals surface area contributed by atoms with Gasteiger partial charge in [0, 0.05) is 13.7 Å². The number of ether oxygens (including phenoxy) is 1. The third kappa shape index (κ3) is 3.12. The van der Waals surface area contributed by atoms with Crippen LogP contribution < -0.4 is 5.32 Å². The summed E-state index contributed by atoms with van der Waals surface area (Å²) >= 11 is 2.30. The van der Waals surface area contributed by atoms with E-state index in [-0.39, 0.29) is 6.10 Å². The molecule has 1 fully saturated rings. The molecule has 2 rings (SSSR count). The second-order valence-electron chi connectivity index (χ2n) is 4.75. The lowest BCUT2D eigenvalue weighted by Gasteiger charge is -2.16. The number of nitrogens with one attached hydrogen (secondary N) is 1. The normalized spacial score (nSPS) is 16.7. The van der Waals surface area contributed by atoms with E-state index in [1.165, 1.54) is 12.8 Å². The number of halogens is 1. The smallest absolute Gasteiger partial charge is 0.160 e. The maximum atomic E-state index is 5.56. The SMILES string of the molecule is CCCNc1nc(C(OC)C2CC2)nc(C)c1I. The molecule has 1 saturated carbocycles. The van der Waals surface area contributed by atoms with Gasteiger partial charge in [0.2, 0.25) is 0 Å². The standard InChI is InChI=1S/C13H20IN3O/c1-4-7-15-12-10(14)8(2)16-13(17-12)11(18-3)9-5-6-9/h9,11H,4-7H2,1-3H3,(H,15,16,17). The molecule has 1 atom stereocenters. The lowest BCUT2D eigenvalue weighted by molar-refractivity contribution is 0.0771. The molecular weight excluding hydrogens is 341 g/mol. The van der Waals surface area contributed by atoms with Gasteiger partial charge in [0.15, 0.2) is 5.82 Å². The van der Waals surface area contributed by atoms with Crippen LogP contribution in [-0.2, 0) is 4.74 Å². The molecule has 4 nitrogen and oxygen atoms in total. The van der Waals surface area contributed by atoms with E-state index < -0.39 is 0 Å². The van der Waals surface area contributed by atoms with E-state index in [1.807, 2.05) is 6.92 Å². The first-order valence-corrected chi connectivity index (χ1v) is 7.56. The number of rotatable bonds is 6. The van der Waals surface area contributed by atoms with Gasteiger partial charge >= 0.3 is 0 Å². The Balaban J connectivity index is 2.27. The molecule has 1 aromatic rings. The number of aromatic nitrogens is 2. The molecule has 0 bridgehead atoms. The van der Waals surface area contributed by atoms with E-state index in [2.05, 4.69) is 44.8 Å². The minimum absolute atomic E-state index is 0.0582. The molecule has 0 aliphatic heterocycles. The van der Waals surface area contributed by atoms with Crippen LogP contribution in [0.25, 0.3) is 0 Å². The Morgan fingerprint density at radius 1 is 1.44 bits per heavy atom. The van der Waals surface area contributed by atoms with Crippen LogP contribution in [-0.4, -0.2) is 23.6 Å². The van der Waals surface area contributed by atoms with E-state index in [4.69, 9.17) is 4.74 Å². The highest BCUT2D eigenvalue weighted by Gasteiger charge is 2.34. The first kappa shape index (κ1) is 14.0. The number of methoxy groups -OCH3 is 1. The van der Waals surface area contributed by atoms with Crippen LogP contribution in [0.15, 0.2) is 0 Å². The molecule has 1 aromatic heterocycles. The molecular formula is C13H20IN3O. The predicted molar refractivity (Wildman–Crippen MR) is 80.7 cm³/mol. The zero-order chi connectivity index (χ0) is 13.1. The molecule has 0 amide bonds. The quantitative estimate of drug-likeness (QED) is 0.790. The molecule has 1 heterocycles. The van der Waals surface area contributed by atoms with Crippen LogP contribution in [0.2, 0.25) is 0 Å². The number of anilines is 1. The lowest BCUT2D eigenvalue weighted by Crippen LogP contribution is -2.14. The molecule has 1 aliphatic rings. The lowest BCUT2D eigenvalue weighted by atomic mass is 10.2. The van der Waals surface area contributed by atoms with Crippen molar-refractivity contribution < 1.29 is 4.74 Å². The first-order valence-electron chi connectivity index (χ1n) is 6.48. The van der Waals surface area contributed by atoms with E-state index in [1.54, 1.807) is 7.11 Å². The van der Waals surface area contributed by atoms with Crippen molar-refractivity contribution in [1.29, 1.82) is 0 Å². The van der Waals surface area contributed by atoms with Crippen molar-refractivity contribution >= 4 is 28.4 Å². The summed E-state index contributed by atoms with van der Waals surface area (Å²) in [6, 6.07) is 0. The minimum Gasteiger partial charge on any atom is -0.373 e.